The number of fused-ring (bicyclic) bond motifs is 1. The van der Waals surface area contributed by atoms with Gasteiger partial charge in [0.05, 0.1) is 36.2 Å². The lowest BCUT2D eigenvalue weighted by Crippen LogP contribution is -2.45. The monoisotopic (exact) mass is 385 g/mol. The van der Waals surface area contributed by atoms with Crippen LogP contribution in [0, 0.1) is 11.3 Å². The van der Waals surface area contributed by atoms with Gasteiger partial charge in [-0.2, -0.15) is 18.4 Å². The second-order valence-electron chi connectivity index (χ2n) is 6.06. The largest absolute Gasteiger partial charge is 0.416 e. The highest BCUT2D eigenvalue weighted by Crippen LogP contribution is 2.35. The van der Waals surface area contributed by atoms with Crippen molar-refractivity contribution in [3.63, 3.8) is 0 Å². The van der Waals surface area contributed by atoms with Crippen molar-refractivity contribution in [1.29, 1.82) is 5.26 Å². The molecule has 2 aromatic rings. The molecule has 0 spiro atoms. The summed E-state index contributed by atoms with van der Waals surface area (Å²) in [5.41, 5.74) is -0.462. The summed E-state index contributed by atoms with van der Waals surface area (Å²) in [6.07, 6.45) is -3.10. The predicted octanol–water partition coefficient (Wildman–Crippen LogP) is 3.96. The van der Waals surface area contributed by atoms with E-state index in [1.807, 2.05) is 6.07 Å². The van der Waals surface area contributed by atoms with E-state index in [1.165, 1.54) is 18.3 Å². The fourth-order valence-electron chi connectivity index (χ4n) is 2.96. The molecule has 0 saturated carbocycles. The minimum Gasteiger partial charge on any atom is -0.295 e. The minimum atomic E-state index is -4.60. The number of nitrogens with zero attached hydrogens (tertiary/aromatic N) is 3. The van der Waals surface area contributed by atoms with Gasteiger partial charge in [0, 0.05) is 11.8 Å². The molecule has 1 heterocycles. The van der Waals surface area contributed by atoms with Crippen molar-refractivity contribution < 1.29 is 22.8 Å². The first-order valence-electron chi connectivity index (χ1n) is 8.36. The Morgan fingerprint density at radius 3 is 2.61 bits per heavy atom. The topological polar surface area (TPSA) is 73.5 Å². The maximum atomic E-state index is 13.0. The molecule has 0 N–H and O–H groups in total. The first kappa shape index (κ1) is 19.3. The molecule has 1 aliphatic rings. The van der Waals surface area contributed by atoms with Crippen LogP contribution in [-0.4, -0.2) is 24.6 Å². The first-order valence-corrected chi connectivity index (χ1v) is 8.36. The molecule has 0 fully saturated rings. The molecule has 0 saturated heterocycles. The first-order chi connectivity index (χ1) is 13.3. The van der Waals surface area contributed by atoms with Gasteiger partial charge in [-0.25, -0.2) is 4.90 Å². The van der Waals surface area contributed by atoms with Crippen LogP contribution < -0.4 is 4.90 Å². The Morgan fingerprint density at radius 1 is 1.14 bits per heavy atom. The molecule has 1 atom stereocenters. The quantitative estimate of drug-likeness (QED) is 0.454. The van der Waals surface area contributed by atoms with E-state index in [1.54, 1.807) is 18.2 Å². The highest BCUT2D eigenvalue weighted by molar-refractivity contribution is 6.29. The Bertz CT molecular complexity index is 993. The lowest BCUT2D eigenvalue weighted by molar-refractivity contribution is -0.137. The standard InChI is InChI=1S/C20H14F3N3O2/c21-20(22,23)13-5-3-6-14(11-13)26-18(27)16-8-2-1-7-15(16)17(19(26)28)12-25-10-4-9-24/h1-3,5-8,11-12,17H,4,10H2/t17-/m1/s1. The molecule has 3 rings (SSSR count). The van der Waals surface area contributed by atoms with Gasteiger partial charge in [-0.1, -0.05) is 24.3 Å². The van der Waals surface area contributed by atoms with Crippen LogP contribution in [0.1, 0.15) is 33.8 Å². The zero-order valence-electron chi connectivity index (χ0n) is 14.5. The van der Waals surface area contributed by atoms with Gasteiger partial charge in [0.15, 0.2) is 0 Å². The second kappa shape index (κ2) is 7.64. The van der Waals surface area contributed by atoms with Crippen LogP contribution in [0.15, 0.2) is 53.5 Å². The number of amides is 2. The molecule has 2 aromatic carbocycles. The smallest absolute Gasteiger partial charge is 0.295 e. The fourth-order valence-corrected chi connectivity index (χ4v) is 2.96. The SMILES string of the molecule is N#CCCN=C[C@H]1C(=O)N(c2cccc(C(F)(F)F)c2)C(=O)c2ccccc21. The molecule has 0 bridgehead atoms. The van der Waals surface area contributed by atoms with Gasteiger partial charge in [0.2, 0.25) is 5.91 Å². The zero-order valence-corrected chi connectivity index (χ0v) is 14.5. The number of carbonyl (C=O) groups is 2. The predicted molar refractivity (Wildman–Crippen MR) is 96.0 cm³/mol. The molecule has 0 aliphatic carbocycles. The van der Waals surface area contributed by atoms with Gasteiger partial charge < -0.3 is 0 Å². The third-order valence-corrected chi connectivity index (χ3v) is 4.25. The summed E-state index contributed by atoms with van der Waals surface area (Å²) in [6, 6.07) is 12.4. The number of nitriles is 1. The summed E-state index contributed by atoms with van der Waals surface area (Å²) < 4.78 is 39.1. The molecule has 2 amide bonds. The van der Waals surface area contributed by atoms with Crippen LogP contribution in [-0.2, 0) is 11.0 Å². The average Bonchev–Trinajstić information content (AvgIpc) is 2.67. The average molecular weight is 385 g/mol. The fraction of sp³-hybridized carbons (Fsp3) is 0.200. The van der Waals surface area contributed by atoms with Crippen LogP contribution in [0.5, 0.6) is 0 Å². The highest BCUT2D eigenvalue weighted by Gasteiger charge is 2.39. The second-order valence-corrected chi connectivity index (χ2v) is 6.06. The van der Waals surface area contributed by atoms with E-state index < -0.39 is 29.5 Å². The number of benzene rings is 2. The molecule has 142 valence electrons. The van der Waals surface area contributed by atoms with Gasteiger partial charge in [-0.05, 0) is 29.8 Å². The van der Waals surface area contributed by atoms with Crippen molar-refractivity contribution in [1.82, 2.24) is 0 Å². The van der Waals surface area contributed by atoms with Crippen molar-refractivity contribution in [3.05, 3.63) is 65.2 Å². The highest BCUT2D eigenvalue weighted by atomic mass is 19.4. The molecule has 0 radical (unpaired) electrons. The van der Waals surface area contributed by atoms with Crippen LogP contribution in [0.2, 0.25) is 0 Å². The normalized spacial score (nSPS) is 16.9. The van der Waals surface area contributed by atoms with Gasteiger partial charge in [-0.15, -0.1) is 0 Å². The van der Waals surface area contributed by atoms with Crippen molar-refractivity contribution in [2.45, 2.75) is 18.5 Å². The van der Waals surface area contributed by atoms with E-state index in [-0.39, 0.29) is 24.2 Å². The van der Waals surface area contributed by atoms with Gasteiger partial charge in [-0.3, -0.25) is 14.6 Å². The Morgan fingerprint density at radius 2 is 1.89 bits per heavy atom. The van der Waals surface area contributed by atoms with E-state index in [2.05, 4.69) is 4.99 Å². The Labute approximate surface area is 158 Å². The van der Waals surface area contributed by atoms with Gasteiger partial charge >= 0.3 is 6.18 Å². The molecular formula is C20H14F3N3O2. The van der Waals surface area contributed by atoms with E-state index in [0.717, 1.165) is 23.1 Å². The van der Waals surface area contributed by atoms with E-state index >= 15 is 0 Å². The molecule has 0 aromatic heterocycles. The Balaban J connectivity index is 2.06. The van der Waals surface area contributed by atoms with E-state index in [9.17, 15) is 22.8 Å². The van der Waals surface area contributed by atoms with Crippen LogP contribution >= 0.6 is 0 Å². The third-order valence-electron chi connectivity index (χ3n) is 4.25. The minimum absolute atomic E-state index is 0.158. The molecule has 8 heteroatoms. The molecule has 5 nitrogen and oxygen atoms in total. The number of hydrogen-bond acceptors (Lipinski definition) is 4. The number of rotatable bonds is 4. The van der Waals surface area contributed by atoms with E-state index in [4.69, 9.17) is 5.26 Å². The van der Waals surface area contributed by atoms with Crippen molar-refractivity contribution in [3.8, 4) is 6.07 Å². The maximum Gasteiger partial charge on any atom is 0.416 e. The lowest BCUT2D eigenvalue weighted by Gasteiger charge is -2.31. The molecule has 0 unspecified atom stereocenters. The van der Waals surface area contributed by atoms with Crippen molar-refractivity contribution in [2.75, 3.05) is 11.4 Å². The zero-order chi connectivity index (χ0) is 20.3. The summed E-state index contributed by atoms with van der Waals surface area (Å²) >= 11 is 0. The summed E-state index contributed by atoms with van der Waals surface area (Å²) in [5, 5.41) is 8.59. The number of alkyl halides is 3. The van der Waals surface area contributed by atoms with Crippen LogP contribution in [0.3, 0.4) is 0 Å². The number of imide groups is 1. The van der Waals surface area contributed by atoms with Crippen molar-refractivity contribution >= 4 is 23.7 Å². The number of carbonyl (C=O) groups excluding carboxylic acids is 2. The maximum absolute atomic E-state index is 13.0. The summed E-state index contributed by atoms with van der Waals surface area (Å²) in [7, 11) is 0. The molecule has 28 heavy (non-hydrogen) atoms. The number of halogens is 3. The van der Waals surface area contributed by atoms with E-state index in [0.29, 0.717) is 5.56 Å². The number of aliphatic imine (C=N–C) groups is 1. The molecule has 1 aliphatic heterocycles. The summed E-state index contributed by atoms with van der Waals surface area (Å²) in [5.74, 6) is -2.31. The van der Waals surface area contributed by atoms with Crippen LogP contribution in [0.25, 0.3) is 0 Å². The van der Waals surface area contributed by atoms with Gasteiger partial charge in [0.25, 0.3) is 5.91 Å². The number of hydrogen-bond donors (Lipinski definition) is 0. The molecular weight excluding hydrogens is 371 g/mol. The summed E-state index contributed by atoms with van der Waals surface area (Å²) in [4.78, 5) is 30.6. The Kier molecular flexibility index (Phi) is 5.27. The lowest BCUT2D eigenvalue weighted by atomic mass is 9.88. The Hall–Kier alpha value is -3.47. The van der Waals surface area contributed by atoms with Gasteiger partial charge in [0.1, 0.15) is 0 Å². The van der Waals surface area contributed by atoms with Crippen LogP contribution in [0.4, 0.5) is 18.9 Å². The third kappa shape index (κ3) is 3.64. The van der Waals surface area contributed by atoms with Crippen molar-refractivity contribution in [2.24, 2.45) is 4.99 Å². The summed E-state index contributed by atoms with van der Waals surface area (Å²) in [6.45, 7) is 0.181. The number of anilines is 1.